The molecule has 0 saturated carbocycles. The van der Waals surface area contributed by atoms with Gasteiger partial charge in [0.05, 0.1) is 41.7 Å². The van der Waals surface area contributed by atoms with Gasteiger partial charge in [-0.25, -0.2) is 9.67 Å². The quantitative estimate of drug-likeness (QED) is 0.455. The molecule has 3 aromatic heterocycles. The number of rotatable bonds is 5. The summed E-state index contributed by atoms with van der Waals surface area (Å²) in [6.07, 6.45) is 6.82. The zero-order valence-electron chi connectivity index (χ0n) is 17.9. The maximum absolute atomic E-state index is 13.5. The van der Waals surface area contributed by atoms with Gasteiger partial charge in [-0.1, -0.05) is 11.6 Å². The highest BCUT2D eigenvalue weighted by Gasteiger charge is 2.25. The van der Waals surface area contributed by atoms with E-state index in [9.17, 15) is 4.79 Å². The van der Waals surface area contributed by atoms with Crippen molar-refractivity contribution in [2.45, 2.75) is 26.2 Å². The molecule has 5 rings (SSSR count). The summed E-state index contributed by atoms with van der Waals surface area (Å²) >= 11 is 0. The molecule has 0 bridgehead atoms. The molecule has 4 aromatic rings. The van der Waals surface area contributed by atoms with Crippen molar-refractivity contribution in [1.29, 1.82) is 5.26 Å². The van der Waals surface area contributed by atoms with E-state index in [1.165, 1.54) is 6.42 Å². The molecule has 32 heavy (non-hydrogen) atoms. The summed E-state index contributed by atoms with van der Waals surface area (Å²) in [5, 5.41) is 17.1. The van der Waals surface area contributed by atoms with Crippen LogP contribution in [0.3, 0.4) is 0 Å². The van der Waals surface area contributed by atoms with Gasteiger partial charge in [0.15, 0.2) is 11.6 Å². The number of nitriles is 1. The van der Waals surface area contributed by atoms with Crippen LogP contribution in [0.5, 0.6) is 0 Å². The molecule has 1 fully saturated rings. The van der Waals surface area contributed by atoms with Gasteiger partial charge >= 0.3 is 0 Å². The van der Waals surface area contributed by atoms with Crippen LogP contribution in [0.1, 0.15) is 40.9 Å². The largest absolute Gasteiger partial charge is 0.312 e. The van der Waals surface area contributed by atoms with Gasteiger partial charge in [0, 0.05) is 11.4 Å². The smallest absolute Gasteiger partial charge is 0.180 e. The third-order valence-electron chi connectivity index (χ3n) is 6.04. The minimum Gasteiger partial charge on any atom is -0.312 e. The summed E-state index contributed by atoms with van der Waals surface area (Å²) in [5.41, 5.74) is 4.46. The molecule has 8 heteroatoms. The second-order valence-corrected chi connectivity index (χ2v) is 8.10. The van der Waals surface area contributed by atoms with Crippen molar-refractivity contribution in [3.63, 3.8) is 0 Å². The van der Waals surface area contributed by atoms with Crippen LogP contribution in [0, 0.1) is 18.3 Å². The third kappa shape index (κ3) is 3.57. The SMILES string of the molecule is Cc1c(C(=O)CN2CCCCC2)c2nc(-n3ccnn3)ccc2n1-c1ccc(C#N)cc1. The van der Waals surface area contributed by atoms with Crippen LogP contribution in [-0.2, 0) is 0 Å². The van der Waals surface area contributed by atoms with E-state index in [1.807, 2.05) is 35.8 Å². The van der Waals surface area contributed by atoms with Crippen LogP contribution >= 0.6 is 0 Å². The molecule has 0 spiro atoms. The summed E-state index contributed by atoms with van der Waals surface area (Å²) in [7, 11) is 0. The van der Waals surface area contributed by atoms with Crippen molar-refractivity contribution in [3.8, 4) is 17.6 Å². The fourth-order valence-corrected chi connectivity index (χ4v) is 4.48. The maximum atomic E-state index is 13.5. The second-order valence-electron chi connectivity index (χ2n) is 8.10. The zero-order valence-corrected chi connectivity index (χ0v) is 17.9. The van der Waals surface area contributed by atoms with Crippen molar-refractivity contribution >= 4 is 16.8 Å². The standard InChI is InChI=1S/C24H23N7O/c1-17-23(21(32)16-29-12-3-2-4-13-29)24-20(9-10-22(27-24)30-14-11-26-28-30)31(17)19-7-5-18(15-25)6-8-19/h5-11,14H,2-4,12-13,16H2,1H3. The number of piperidine rings is 1. The molecule has 0 unspecified atom stereocenters. The monoisotopic (exact) mass is 425 g/mol. The first kappa shape index (κ1) is 20.1. The van der Waals surface area contributed by atoms with Gasteiger partial charge in [0.1, 0.15) is 5.52 Å². The van der Waals surface area contributed by atoms with E-state index in [1.54, 1.807) is 29.2 Å². The van der Waals surface area contributed by atoms with Crippen LogP contribution in [0.25, 0.3) is 22.5 Å². The second kappa shape index (κ2) is 8.36. The lowest BCUT2D eigenvalue weighted by molar-refractivity contribution is 0.0916. The molecule has 160 valence electrons. The van der Waals surface area contributed by atoms with Gasteiger partial charge in [-0.3, -0.25) is 9.69 Å². The molecule has 0 atom stereocenters. The highest BCUT2D eigenvalue weighted by atomic mass is 16.1. The Kier molecular flexibility index (Phi) is 5.25. The molecule has 8 nitrogen and oxygen atoms in total. The third-order valence-corrected chi connectivity index (χ3v) is 6.04. The Balaban J connectivity index is 1.65. The topological polar surface area (TPSA) is 92.6 Å². The molecule has 4 heterocycles. The van der Waals surface area contributed by atoms with Crippen LogP contribution in [0.15, 0.2) is 48.8 Å². The molecular weight excluding hydrogens is 402 g/mol. The molecule has 1 saturated heterocycles. The van der Waals surface area contributed by atoms with E-state index in [-0.39, 0.29) is 5.78 Å². The molecule has 0 amide bonds. The number of nitrogens with zero attached hydrogens (tertiary/aromatic N) is 7. The van der Waals surface area contributed by atoms with E-state index in [0.29, 0.717) is 29.0 Å². The van der Waals surface area contributed by atoms with Gasteiger partial charge in [-0.2, -0.15) is 5.26 Å². The highest BCUT2D eigenvalue weighted by Crippen LogP contribution is 2.30. The number of likely N-dealkylation sites (tertiary alicyclic amines) is 1. The normalized spacial score (nSPS) is 14.5. The van der Waals surface area contributed by atoms with Crippen molar-refractivity contribution in [2.75, 3.05) is 19.6 Å². The predicted molar refractivity (Wildman–Crippen MR) is 120 cm³/mol. The first-order valence-electron chi connectivity index (χ1n) is 10.8. The number of aromatic nitrogens is 5. The number of fused-ring (bicyclic) bond motifs is 1. The molecule has 0 N–H and O–H groups in total. The Hall–Kier alpha value is -3.83. The van der Waals surface area contributed by atoms with E-state index >= 15 is 0 Å². The number of hydrogen-bond donors (Lipinski definition) is 0. The van der Waals surface area contributed by atoms with Gasteiger partial charge < -0.3 is 4.57 Å². The van der Waals surface area contributed by atoms with E-state index < -0.39 is 0 Å². The minimum atomic E-state index is 0.0741. The number of pyridine rings is 1. The lowest BCUT2D eigenvalue weighted by atomic mass is 10.1. The molecular formula is C24H23N7O. The van der Waals surface area contributed by atoms with Gasteiger partial charge in [0.2, 0.25) is 0 Å². The molecule has 1 aliphatic rings. The van der Waals surface area contributed by atoms with E-state index in [0.717, 1.165) is 42.8 Å². The van der Waals surface area contributed by atoms with E-state index in [2.05, 4.69) is 21.3 Å². The zero-order chi connectivity index (χ0) is 22.1. The lowest BCUT2D eigenvalue weighted by Crippen LogP contribution is -2.34. The number of hydrogen-bond acceptors (Lipinski definition) is 6. The maximum Gasteiger partial charge on any atom is 0.180 e. The summed E-state index contributed by atoms with van der Waals surface area (Å²) < 4.78 is 3.63. The summed E-state index contributed by atoms with van der Waals surface area (Å²) in [4.78, 5) is 20.6. The average molecular weight is 425 g/mol. The minimum absolute atomic E-state index is 0.0741. The molecule has 1 aromatic carbocycles. The van der Waals surface area contributed by atoms with Crippen molar-refractivity contribution in [2.24, 2.45) is 0 Å². The summed E-state index contributed by atoms with van der Waals surface area (Å²) in [5.74, 6) is 0.684. The first-order chi connectivity index (χ1) is 15.7. The fourth-order valence-electron chi connectivity index (χ4n) is 4.48. The number of Topliss-reactive ketones (excluding diaryl/α,β-unsaturated/α-hetero) is 1. The van der Waals surface area contributed by atoms with Crippen LogP contribution in [0.4, 0.5) is 0 Å². The molecule has 0 radical (unpaired) electrons. The molecule has 1 aliphatic heterocycles. The Morgan fingerprint density at radius 2 is 1.88 bits per heavy atom. The van der Waals surface area contributed by atoms with Crippen LogP contribution in [-0.4, -0.2) is 54.9 Å². The first-order valence-corrected chi connectivity index (χ1v) is 10.8. The summed E-state index contributed by atoms with van der Waals surface area (Å²) in [6, 6.07) is 13.3. The lowest BCUT2D eigenvalue weighted by Gasteiger charge is -2.25. The van der Waals surface area contributed by atoms with E-state index in [4.69, 9.17) is 10.2 Å². The molecule has 0 aliphatic carbocycles. The highest BCUT2D eigenvalue weighted by molar-refractivity contribution is 6.09. The average Bonchev–Trinajstić information content (AvgIpc) is 3.45. The number of carbonyl (C=O) groups is 1. The van der Waals surface area contributed by atoms with Gasteiger partial charge in [-0.15, -0.1) is 5.10 Å². The number of carbonyl (C=O) groups excluding carboxylic acids is 1. The van der Waals surface area contributed by atoms with Crippen LogP contribution < -0.4 is 0 Å². The Labute approximate surface area is 185 Å². The van der Waals surface area contributed by atoms with Crippen molar-refractivity contribution < 1.29 is 4.79 Å². The Morgan fingerprint density at radius 1 is 1.09 bits per heavy atom. The van der Waals surface area contributed by atoms with Crippen LogP contribution in [0.2, 0.25) is 0 Å². The van der Waals surface area contributed by atoms with Gasteiger partial charge in [-0.05, 0) is 69.3 Å². The summed E-state index contributed by atoms with van der Waals surface area (Å²) in [6.45, 7) is 4.26. The fraction of sp³-hybridized carbons (Fsp3) is 0.292. The number of ketones is 1. The van der Waals surface area contributed by atoms with Crippen molar-refractivity contribution in [3.05, 3.63) is 65.6 Å². The number of benzene rings is 1. The Morgan fingerprint density at radius 3 is 2.56 bits per heavy atom. The van der Waals surface area contributed by atoms with Crippen molar-refractivity contribution in [1.82, 2.24) is 29.4 Å². The van der Waals surface area contributed by atoms with Gasteiger partial charge in [0.25, 0.3) is 0 Å². The predicted octanol–water partition coefficient (Wildman–Crippen LogP) is 3.45. The Bertz CT molecular complexity index is 1310.